The summed E-state index contributed by atoms with van der Waals surface area (Å²) in [4.78, 5) is 2.11. The summed E-state index contributed by atoms with van der Waals surface area (Å²) in [5.41, 5.74) is 6.15. The highest BCUT2D eigenvalue weighted by Gasteiger charge is 2.14. The Bertz CT molecular complexity index is 388. The molecule has 1 aromatic carbocycles. The molecule has 19 heavy (non-hydrogen) atoms. The van der Waals surface area contributed by atoms with E-state index in [1.807, 2.05) is 7.05 Å². The first-order valence-corrected chi connectivity index (χ1v) is 6.43. The molecule has 1 rings (SSSR count). The van der Waals surface area contributed by atoms with E-state index >= 15 is 0 Å². The highest BCUT2D eigenvalue weighted by atomic mass is 19.2. The third kappa shape index (κ3) is 5.22. The lowest BCUT2D eigenvalue weighted by Crippen LogP contribution is -2.25. The van der Waals surface area contributed by atoms with Crippen molar-refractivity contribution in [2.45, 2.75) is 18.9 Å². The van der Waals surface area contributed by atoms with Crippen molar-refractivity contribution in [3.05, 3.63) is 35.4 Å². The summed E-state index contributed by atoms with van der Waals surface area (Å²) in [6.45, 7) is 2.35. The summed E-state index contributed by atoms with van der Waals surface area (Å²) in [7, 11) is 3.65. The smallest absolute Gasteiger partial charge is 0.163 e. The van der Waals surface area contributed by atoms with Gasteiger partial charge in [-0.2, -0.15) is 0 Å². The molecule has 0 amide bonds. The predicted octanol–water partition coefficient (Wildman–Crippen LogP) is 2.32. The van der Waals surface area contributed by atoms with Gasteiger partial charge in [0.1, 0.15) is 0 Å². The van der Waals surface area contributed by atoms with Crippen LogP contribution in [-0.4, -0.2) is 38.8 Å². The van der Waals surface area contributed by atoms with E-state index in [4.69, 9.17) is 10.5 Å². The molecule has 0 spiro atoms. The quantitative estimate of drug-likeness (QED) is 0.738. The number of nitrogens with two attached hydrogens (primary N) is 1. The summed E-state index contributed by atoms with van der Waals surface area (Å²) in [6.07, 6.45) is 1.53. The number of nitrogens with zero attached hydrogens (tertiary/aromatic N) is 1. The molecule has 0 aliphatic rings. The molecule has 108 valence electrons. The van der Waals surface area contributed by atoms with Crippen LogP contribution in [0.5, 0.6) is 0 Å². The van der Waals surface area contributed by atoms with Gasteiger partial charge in [0.05, 0.1) is 0 Å². The maximum Gasteiger partial charge on any atom is 0.163 e. The van der Waals surface area contributed by atoms with Crippen LogP contribution in [0.25, 0.3) is 0 Å². The fourth-order valence-corrected chi connectivity index (χ4v) is 1.91. The molecular weight excluding hydrogens is 250 g/mol. The Morgan fingerprint density at radius 3 is 2.74 bits per heavy atom. The number of hydrogen-bond donors (Lipinski definition) is 1. The lowest BCUT2D eigenvalue weighted by Gasteiger charge is -2.19. The van der Waals surface area contributed by atoms with E-state index in [2.05, 4.69) is 4.90 Å². The van der Waals surface area contributed by atoms with E-state index in [0.717, 1.165) is 32.2 Å². The molecular formula is C14H22F2N2O. The van der Waals surface area contributed by atoms with E-state index in [1.54, 1.807) is 7.11 Å². The molecule has 0 saturated heterocycles. The summed E-state index contributed by atoms with van der Waals surface area (Å²) in [6, 6.07) is 3.63. The zero-order valence-electron chi connectivity index (χ0n) is 11.5. The SMILES string of the molecule is COCCCN(C)CCC(N)c1cccc(F)c1F. The van der Waals surface area contributed by atoms with Crippen LogP contribution in [0, 0.1) is 11.6 Å². The average Bonchev–Trinajstić information content (AvgIpc) is 2.39. The first-order chi connectivity index (χ1) is 9.06. The number of ether oxygens (including phenoxy) is 1. The number of methoxy groups -OCH3 is 1. The van der Waals surface area contributed by atoms with Crippen molar-refractivity contribution in [3.63, 3.8) is 0 Å². The van der Waals surface area contributed by atoms with Crippen molar-refractivity contribution >= 4 is 0 Å². The number of hydrogen-bond acceptors (Lipinski definition) is 3. The van der Waals surface area contributed by atoms with Crippen molar-refractivity contribution in [3.8, 4) is 0 Å². The lowest BCUT2D eigenvalue weighted by atomic mass is 10.0. The van der Waals surface area contributed by atoms with E-state index in [-0.39, 0.29) is 5.56 Å². The van der Waals surface area contributed by atoms with Crippen molar-refractivity contribution < 1.29 is 13.5 Å². The molecule has 3 nitrogen and oxygen atoms in total. The lowest BCUT2D eigenvalue weighted by molar-refractivity contribution is 0.178. The van der Waals surface area contributed by atoms with Crippen LogP contribution in [0.4, 0.5) is 8.78 Å². The molecule has 0 radical (unpaired) electrons. The van der Waals surface area contributed by atoms with Gasteiger partial charge in [0.25, 0.3) is 0 Å². The zero-order chi connectivity index (χ0) is 14.3. The minimum Gasteiger partial charge on any atom is -0.385 e. The minimum atomic E-state index is -0.846. The molecule has 0 aromatic heterocycles. The monoisotopic (exact) mass is 272 g/mol. The normalized spacial score (nSPS) is 12.9. The zero-order valence-corrected chi connectivity index (χ0v) is 11.5. The fraction of sp³-hybridized carbons (Fsp3) is 0.571. The van der Waals surface area contributed by atoms with Gasteiger partial charge < -0.3 is 15.4 Å². The third-order valence-corrected chi connectivity index (χ3v) is 3.09. The standard InChI is InChI=1S/C14H22F2N2O/c1-18(8-4-10-19-2)9-7-13(17)11-5-3-6-12(15)14(11)16/h3,5-6,13H,4,7-10,17H2,1-2H3. The summed E-state index contributed by atoms with van der Waals surface area (Å²) in [5, 5.41) is 0. The van der Waals surface area contributed by atoms with E-state index in [9.17, 15) is 8.78 Å². The van der Waals surface area contributed by atoms with Crippen LogP contribution >= 0.6 is 0 Å². The molecule has 1 atom stereocenters. The van der Waals surface area contributed by atoms with Crippen LogP contribution in [0.3, 0.4) is 0 Å². The molecule has 2 N–H and O–H groups in total. The largest absolute Gasteiger partial charge is 0.385 e. The molecule has 1 unspecified atom stereocenters. The molecule has 1 aromatic rings. The second-order valence-electron chi connectivity index (χ2n) is 4.69. The molecule has 0 saturated carbocycles. The molecule has 0 aliphatic carbocycles. The first kappa shape index (κ1) is 16.0. The van der Waals surface area contributed by atoms with E-state index in [0.29, 0.717) is 6.42 Å². The molecule has 5 heteroatoms. The first-order valence-electron chi connectivity index (χ1n) is 6.43. The van der Waals surface area contributed by atoms with Gasteiger partial charge in [-0.05, 0) is 32.5 Å². The van der Waals surface area contributed by atoms with Gasteiger partial charge in [0, 0.05) is 31.9 Å². The number of rotatable bonds is 8. The molecule has 0 aliphatic heterocycles. The molecule has 0 heterocycles. The third-order valence-electron chi connectivity index (χ3n) is 3.09. The topological polar surface area (TPSA) is 38.5 Å². The van der Waals surface area contributed by atoms with Crippen LogP contribution < -0.4 is 5.73 Å². The maximum absolute atomic E-state index is 13.5. The summed E-state index contributed by atoms with van der Waals surface area (Å²) in [5.74, 6) is -1.68. The van der Waals surface area contributed by atoms with Crippen molar-refractivity contribution in [2.24, 2.45) is 5.73 Å². The number of halogens is 2. The molecule has 0 fully saturated rings. The van der Waals surface area contributed by atoms with Crippen molar-refractivity contribution in [2.75, 3.05) is 33.9 Å². The Kier molecular flexibility index (Phi) is 6.91. The van der Waals surface area contributed by atoms with Gasteiger partial charge in [-0.15, -0.1) is 0 Å². The minimum absolute atomic E-state index is 0.241. The number of benzene rings is 1. The highest BCUT2D eigenvalue weighted by Crippen LogP contribution is 2.20. The van der Waals surface area contributed by atoms with E-state index in [1.165, 1.54) is 12.1 Å². The summed E-state index contributed by atoms with van der Waals surface area (Å²) >= 11 is 0. The second kappa shape index (κ2) is 8.19. The van der Waals surface area contributed by atoms with E-state index < -0.39 is 17.7 Å². The summed E-state index contributed by atoms with van der Waals surface area (Å²) < 4.78 is 31.6. The van der Waals surface area contributed by atoms with Gasteiger partial charge in [0.15, 0.2) is 11.6 Å². The van der Waals surface area contributed by atoms with Gasteiger partial charge in [-0.25, -0.2) is 8.78 Å². The van der Waals surface area contributed by atoms with Crippen LogP contribution in [0.2, 0.25) is 0 Å². The molecule has 0 bridgehead atoms. The average molecular weight is 272 g/mol. The highest BCUT2D eigenvalue weighted by molar-refractivity contribution is 5.22. The van der Waals surface area contributed by atoms with Crippen molar-refractivity contribution in [1.82, 2.24) is 4.90 Å². The van der Waals surface area contributed by atoms with Crippen LogP contribution in [-0.2, 0) is 4.74 Å². The Morgan fingerprint density at radius 2 is 2.05 bits per heavy atom. The van der Waals surface area contributed by atoms with Gasteiger partial charge in [-0.1, -0.05) is 12.1 Å². The Labute approximate surface area is 113 Å². The van der Waals surface area contributed by atoms with Gasteiger partial charge >= 0.3 is 0 Å². The Morgan fingerprint density at radius 1 is 1.32 bits per heavy atom. The fourth-order valence-electron chi connectivity index (χ4n) is 1.91. The Balaban J connectivity index is 2.42. The van der Waals surface area contributed by atoms with Crippen LogP contribution in [0.1, 0.15) is 24.4 Å². The predicted molar refractivity (Wildman–Crippen MR) is 71.9 cm³/mol. The van der Waals surface area contributed by atoms with Crippen LogP contribution in [0.15, 0.2) is 18.2 Å². The van der Waals surface area contributed by atoms with Gasteiger partial charge in [0.2, 0.25) is 0 Å². The maximum atomic E-state index is 13.5. The van der Waals surface area contributed by atoms with Crippen molar-refractivity contribution in [1.29, 1.82) is 0 Å². The Hall–Kier alpha value is -1.04. The van der Waals surface area contributed by atoms with Gasteiger partial charge in [-0.3, -0.25) is 0 Å². The second-order valence-corrected chi connectivity index (χ2v) is 4.69.